The number of aliphatic hydroxyl groups excluding tert-OH is 3. The first-order chi connectivity index (χ1) is 17.3. The van der Waals surface area contributed by atoms with E-state index < -0.39 is 43.1 Å². The third kappa shape index (κ3) is 3.90. The highest BCUT2D eigenvalue weighted by Crippen LogP contribution is 2.41. The minimum absolute atomic E-state index is 0.0872. The van der Waals surface area contributed by atoms with Gasteiger partial charge >= 0.3 is 5.97 Å². The van der Waals surface area contributed by atoms with Crippen LogP contribution in [0.4, 0.5) is 0 Å². The highest BCUT2D eigenvalue weighted by atomic mass is 35.5. The van der Waals surface area contributed by atoms with Gasteiger partial charge in [-0.2, -0.15) is 0 Å². The Morgan fingerprint density at radius 3 is 2.86 bits per heavy atom. The summed E-state index contributed by atoms with van der Waals surface area (Å²) in [5.74, 6) is 10.8. The van der Waals surface area contributed by atoms with Gasteiger partial charge in [-0.25, -0.2) is 4.79 Å². The Labute approximate surface area is 211 Å². The summed E-state index contributed by atoms with van der Waals surface area (Å²) >= 11 is 6.32. The minimum Gasteiger partial charge on any atom is -0.507 e. The molecule has 1 aliphatic heterocycles. The highest BCUT2D eigenvalue weighted by Gasteiger charge is 2.60. The van der Waals surface area contributed by atoms with E-state index in [0.717, 1.165) is 5.57 Å². The third-order valence-corrected chi connectivity index (χ3v) is 6.85. The number of allylic oxidation sites excluding steroid dienone is 2. The van der Waals surface area contributed by atoms with Crippen LogP contribution in [-0.2, 0) is 16.1 Å². The fraction of sp³-hybridized carbons (Fsp3) is 0.296. The second kappa shape index (κ2) is 9.18. The number of carbonyl (C=O) groups excluding carboxylic acids is 1. The second-order valence-corrected chi connectivity index (χ2v) is 8.89. The van der Waals surface area contributed by atoms with Crippen molar-refractivity contribution in [3.63, 3.8) is 0 Å². The van der Waals surface area contributed by atoms with Gasteiger partial charge < -0.3 is 34.6 Å². The zero-order valence-electron chi connectivity index (χ0n) is 19.0. The molecule has 9 heteroatoms. The van der Waals surface area contributed by atoms with Gasteiger partial charge in [-0.05, 0) is 35.2 Å². The molecule has 8 nitrogen and oxygen atoms in total. The molecule has 184 valence electrons. The van der Waals surface area contributed by atoms with E-state index in [1.807, 2.05) is 0 Å². The molecule has 0 bridgehead atoms. The smallest absolute Gasteiger partial charge is 0.343 e. The number of hydrogen-bond donors (Lipinski definition) is 4. The molecule has 0 aromatic heterocycles. The number of fused-ring (bicyclic) bond motifs is 3. The molecule has 36 heavy (non-hydrogen) atoms. The van der Waals surface area contributed by atoms with E-state index in [0.29, 0.717) is 28.3 Å². The lowest BCUT2D eigenvalue weighted by atomic mass is 9.98. The SMILES string of the molecule is COc1cc2c(C(=O)O[C@H]3C=C4C#C[C@@]5([C@@H](O)CO)O[C@H]5C#C/C=C\4C3)c(O)ccc2c(CO)c1Cl. The highest BCUT2D eigenvalue weighted by molar-refractivity contribution is 6.34. The van der Waals surface area contributed by atoms with Crippen LogP contribution < -0.4 is 4.74 Å². The maximum absolute atomic E-state index is 13.2. The number of phenols is 1. The summed E-state index contributed by atoms with van der Waals surface area (Å²) in [4.78, 5) is 13.2. The fourth-order valence-corrected chi connectivity index (χ4v) is 4.74. The number of methoxy groups -OCH3 is 1. The van der Waals surface area contributed by atoms with Gasteiger partial charge in [0, 0.05) is 22.9 Å². The van der Waals surface area contributed by atoms with E-state index in [4.69, 9.17) is 25.8 Å². The average Bonchev–Trinajstić information content (AvgIpc) is 3.43. The maximum Gasteiger partial charge on any atom is 0.343 e. The van der Waals surface area contributed by atoms with E-state index in [-0.39, 0.29) is 22.1 Å². The quantitative estimate of drug-likeness (QED) is 0.265. The largest absolute Gasteiger partial charge is 0.507 e. The van der Waals surface area contributed by atoms with Crippen molar-refractivity contribution in [1.82, 2.24) is 0 Å². The molecule has 2 aliphatic carbocycles. The maximum atomic E-state index is 13.2. The molecule has 0 amide bonds. The van der Waals surface area contributed by atoms with Crippen molar-refractivity contribution in [2.45, 2.75) is 36.9 Å². The van der Waals surface area contributed by atoms with Crippen LogP contribution in [0.2, 0.25) is 5.02 Å². The summed E-state index contributed by atoms with van der Waals surface area (Å²) in [5, 5.41) is 40.9. The van der Waals surface area contributed by atoms with Crippen LogP contribution in [0.5, 0.6) is 11.5 Å². The molecule has 1 heterocycles. The summed E-state index contributed by atoms with van der Waals surface area (Å²) in [5.41, 5.74) is 0.342. The van der Waals surface area contributed by atoms with Gasteiger partial charge in [0.05, 0.1) is 25.3 Å². The van der Waals surface area contributed by atoms with Gasteiger partial charge in [-0.1, -0.05) is 41.3 Å². The third-order valence-electron chi connectivity index (χ3n) is 6.43. The number of benzene rings is 2. The standard InChI is InChI=1S/C27H21ClO8/c1-34-21-11-18-17(19(12-29)25(21)28)5-6-20(31)24(18)26(33)35-16-9-14-3-2-4-23-27(36-23,22(32)13-30)8-7-15(14)10-16/h3,5-6,10-11,16,22-23,29-32H,9,12-13H2,1H3/b14-3-/t16-,22+,23+,27+/m1/s1. The zero-order chi connectivity index (χ0) is 25.6. The number of epoxide rings is 1. The first-order valence-corrected chi connectivity index (χ1v) is 11.5. The van der Waals surface area contributed by atoms with E-state index in [9.17, 15) is 25.2 Å². The van der Waals surface area contributed by atoms with Gasteiger partial charge in [0.1, 0.15) is 29.3 Å². The van der Waals surface area contributed by atoms with Crippen LogP contribution in [0.15, 0.2) is 41.5 Å². The van der Waals surface area contributed by atoms with Crippen molar-refractivity contribution in [1.29, 1.82) is 0 Å². The molecular formula is C27H21ClO8. The predicted molar refractivity (Wildman–Crippen MR) is 129 cm³/mol. The Hall–Kier alpha value is -3.50. The summed E-state index contributed by atoms with van der Waals surface area (Å²) < 4.78 is 16.5. The molecule has 1 fully saturated rings. The monoisotopic (exact) mass is 508 g/mol. The van der Waals surface area contributed by atoms with Crippen LogP contribution in [0.3, 0.4) is 0 Å². The van der Waals surface area contributed by atoms with E-state index in [2.05, 4.69) is 23.7 Å². The zero-order valence-corrected chi connectivity index (χ0v) is 19.8. The molecular weight excluding hydrogens is 488 g/mol. The number of rotatable bonds is 6. The van der Waals surface area contributed by atoms with Gasteiger partial charge in [0.25, 0.3) is 0 Å². The summed E-state index contributed by atoms with van der Waals surface area (Å²) in [6.45, 7) is -0.916. The Kier molecular flexibility index (Phi) is 6.17. The van der Waals surface area contributed by atoms with Crippen LogP contribution in [0.25, 0.3) is 10.8 Å². The van der Waals surface area contributed by atoms with E-state index in [1.165, 1.54) is 19.2 Å². The molecule has 0 radical (unpaired) electrons. The first-order valence-electron chi connectivity index (χ1n) is 11.1. The number of hydrogen-bond acceptors (Lipinski definition) is 8. The van der Waals surface area contributed by atoms with Crippen molar-refractivity contribution >= 4 is 28.3 Å². The van der Waals surface area contributed by atoms with Crippen LogP contribution in [-0.4, -0.2) is 64.0 Å². The average molecular weight is 509 g/mol. The molecule has 4 atom stereocenters. The van der Waals surface area contributed by atoms with Gasteiger partial charge in [-0.15, -0.1) is 0 Å². The normalized spacial score (nSPS) is 25.7. The predicted octanol–water partition coefficient (Wildman–Crippen LogP) is 1.99. The van der Waals surface area contributed by atoms with Gasteiger partial charge in [0.2, 0.25) is 0 Å². The van der Waals surface area contributed by atoms with E-state index in [1.54, 1.807) is 18.2 Å². The molecule has 2 aromatic carbocycles. The second-order valence-electron chi connectivity index (χ2n) is 8.51. The molecule has 0 spiro atoms. The number of carbonyl (C=O) groups is 1. The lowest BCUT2D eigenvalue weighted by Crippen LogP contribution is -2.33. The number of esters is 1. The van der Waals surface area contributed by atoms with Crippen LogP contribution in [0.1, 0.15) is 22.3 Å². The van der Waals surface area contributed by atoms with Crippen LogP contribution in [0, 0.1) is 23.7 Å². The van der Waals surface area contributed by atoms with Gasteiger partial charge in [0.15, 0.2) is 11.7 Å². The minimum atomic E-state index is -1.25. The molecule has 3 aliphatic rings. The Morgan fingerprint density at radius 1 is 1.33 bits per heavy atom. The van der Waals surface area contributed by atoms with Crippen LogP contribution >= 0.6 is 11.6 Å². The summed E-state index contributed by atoms with van der Waals surface area (Å²) in [6.07, 6.45) is 1.15. The molecule has 1 saturated heterocycles. The number of aromatic hydroxyl groups is 1. The molecule has 0 saturated carbocycles. The number of halogens is 1. The fourth-order valence-electron chi connectivity index (χ4n) is 4.44. The van der Waals surface area contributed by atoms with Crippen molar-refractivity contribution in [2.75, 3.05) is 13.7 Å². The molecule has 2 aromatic rings. The first kappa shape index (κ1) is 24.2. The van der Waals surface area contributed by atoms with Crippen molar-refractivity contribution < 1.29 is 39.4 Å². The summed E-state index contributed by atoms with van der Waals surface area (Å²) in [6, 6.07) is 4.41. The van der Waals surface area contributed by atoms with E-state index >= 15 is 0 Å². The lowest BCUT2D eigenvalue weighted by Gasteiger charge is -2.16. The number of ether oxygens (including phenoxy) is 3. The number of aliphatic hydroxyl groups is 3. The molecule has 4 N–H and O–H groups in total. The van der Waals surface area contributed by atoms with Crippen molar-refractivity contribution in [3.8, 4) is 35.2 Å². The Morgan fingerprint density at radius 2 is 2.14 bits per heavy atom. The summed E-state index contributed by atoms with van der Waals surface area (Å²) in [7, 11) is 1.41. The van der Waals surface area contributed by atoms with Crippen molar-refractivity contribution in [3.05, 3.63) is 57.6 Å². The molecule has 0 unspecified atom stereocenters. The Bertz CT molecular complexity index is 1470. The lowest BCUT2D eigenvalue weighted by molar-refractivity contribution is 0.0404. The van der Waals surface area contributed by atoms with Gasteiger partial charge in [-0.3, -0.25) is 0 Å². The topological polar surface area (TPSA) is 129 Å². The molecule has 5 rings (SSSR count). The Balaban J connectivity index is 1.48. The number of phenolic OH excluding ortho intramolecular Hbond substituents is 1. The van der Waals surface area contributed by atoms with Crippen molar-refractivity contribution in [2.24, 2.45) is 0 Å².